The number of carboxylic acids is 1. The van der Waals surface area contributed by atoms with Gasteiger partial charge in [-0.1, -0.05) is 0 Å². The Hall–Kier alpha value is -1.24. The molecular weight excluding hydrogens is 258 g/mol. The average molecular weight is 269 g/mol. The van der Waals surface area contributed by atoms with E-state index in [0.29, 0.717) is 0 Å². The number of rotatable bonds is 5. The summed E-state index contributed by atoms with van der Waals surface area (Å²) in [5.41, 5.74) is 1.86. The summed E-state index contributed by atoms with van der Waals surface area (Å²) in [4.78, 5) is 15.0. The fourth-order valence-corrected chi connectivity index (χ4v) is 2.69. The fourth-order valence-electron chi connectivity index (χ4n) is 1.17. The summed E-state index contributed by atoms with van der Waals surface area (Å²) in [5, 5.41) is 15.5. The van der Waals surface area contributed by atoms with E-state index in [1.54, 1.807) is 11.3 Å². The van der Waals surface area contributed by atoms with Crippen LogP contribution in [0, 0.1) is 0 Å². The SMILES string of the molecule is CC(OCc1csc(-c2ccsc2)n1)C(=O)O. The lowest BCUT2D eigenvalue weighted by atomic mass is 10.3. The van der Waals surface area contributed by atoms with Gasteiger partial charge in [0.1, 0.15) is 5.01 Å². The van der Waals surface area contributed by atoms with Crippen LogP contribution in [-0.4, -0.2) is 22.2 Å². The summed E-state index contributed by atoms with van der Waals surface area (Å²) >= 11 is 3.16. The van der Waals surface area contributed by atoms with Crippen LogP contribution in [-0.2, 0) is 16.1 Å². The minimum absolute atomic E-state index is 0.230. The molecule has 0 fully saturated rings. The molecule has 0 aliphatic rings. The third kappa shape index (κ3) is 3.12. The Bertz CT molecular complexity index is 493. The number of carbonyl (C=O) groups is 1. The second-order valence-corrected chi connectivity index (χ2v) is 5.09. The van der Waals surface area contributed by atoms with Gasteiger partial charge < -0.3 is 9.84 Å². The Kier molecular flexibility index (Phi) is 3.88. The molecule has 0 aliphatic heterocycles. The molecule has 2 aromatic heterocycles. The number of nitrogens with zero attached hydrogens (tertiary/aromatic N) is 1. The first-order chi connectivity index (χ1) is 8.16. The fraction of sp³-hybridized carbons (Fsp3) is 0.273. The van der Waals surface area contributed by atoms with Gasteiger partial charge in [-0.2, -0.15) is 11.3 Å². The van der Waals surface area contributed by atoms with E-state index in [9.17, 15) is 4.79 Å². The van der Waals surface area contributed by atoms with Crippen molar-refractivity contribution in [1.82, 2.24) is 4.98 Å². The summed E-state index contributed by atoms with van der Waals surface area (Å²) in [6, 6.07) is 2.01. The number of hydrogen-bond donors (Lipinski definition) is 1. The highest BCUT2D eigenvalue weighted by molar-refractivity contribution is 7.14. The van der Waals surface area contributed by atoms with Crippen LogP contribution >= 0.6 is 22.7 Å². The van der Waals surface area contributed by atoms with Crippen LogP contribution in [0.15, 0.2) is 22.2 Å². The van der Waals surface area contributed by atoms with Gasteiger partial charge in [-0.25, -0.2) is 9.78 Å². The topological polar surface area (TPSA) is 59.4 Å². The molecule has 0 saturated carbocycles. The minimum atomic E-state index is -0.960. The normalized spacial score (nSPS) is 12.5. The highest BCUT2D eigenvalue weighted by Crippen LogP contribution is 2.25. The van der Waals surface area contributed by atoms with Gasteiger partial charge in [0.15, 0.2) is 6.10 Å². The van der Waals surface area contributed by atoms with Crippen LogP contribution in [0.3, 0.4) is 0 Å². The molecule has 0 aromatic carbocycles. The minimum Gasteiger partial charge on any atom is -0.479 e. The molecule has 1 unspecified atom stereocenters. The Morgan fingerprint density at radius 3 is 3.06 bits per heavy atom. The van der Waals surface area contributed by atoms with Gasteiger partial charge in [-0.05, 0) is 18.4 Å². The summed E-state index contributed by atoms with van der Waals surface area (Å²) < 4.78 is 5.17. The van der Waals surface area contributed by atoms with Gasteiger partial charge in [0, 0.05) is 16.3 Å². The van der Waals surface area contributed by atoms with Crippen molar-refractivity contribution in [3.8, 4) is 10.6 Å². The van der Waals surface area contributed by atoms with Crippen molar-refractivity contribution in [2.45, 2.75) is 19.6 Å². The van der Waals surface area contributed by atoms with Crippen LogP contribution in [0.25, 0.3) is 10.6 Å². The van der Waals surface area contributed by atoms with E-state index in [4.69, 9.17) is 9.84 Å². The van der Waals surface area contributed by atoms with E-state index in [-0.39, 0.29) is 6.61 Å². The smallest absolute Gasteiger partial charge is 0.332 e. The molecule has 0 radical (unpaired) electrons. The molecule has 4 nitrogen and oxygen atoms in total. The van der Waals surface area contributed by atoms with E-state index in [1.807, 2.05) is 22.2 Å². The van der Waals surface area contributed by atoms with E-state index in [2.05, 4.69) is 4.98 Å². The van der Waals surface area contributed by atoms with Crippen molar-refractivity contribution < 1.29 is 14.6 Å². The van der Waals surface area contributed by atoms with Crippen LogP contribution in [0.4, 0.5) is 0 Å². The highest BCUT2D eigenvalue weighted by Gasteiger charge is 2.12. The predicted octanol–water partition coefficient (Wildman–Crippen LogP) is 2.86. The van der Waals surface area contributed by atoms with Crippen LogP contribution < -0.4 is 0 Å². The van der Waals surface area contributed by atoms with Crippen molar-refractivity contribution in [2.24, 2.45) is 0 Å². The number of thiazole rings is 1. The lowest BCUT2D eigenvalue weighted by Crippen LogP contribution is -2.19. The molecular formula is C11H11NO3S2. The van der Waals surface area contributed by atoms with Gasteiger partial charge in [0.05, 0.1) is 12.3 Å². The zero-order valence-electron chi connectivity index (χ0n) is 9.12. The van der Waals surface area contributed by atoms with Crippen LogP contribution in [0.1, 0.15) is 12.6 Å². The third-order valence-electron chi connectivity index (χ3n) is 2.15. The molecule has 0 bridgehead atoms. The van der Waals surface area contributed by atoms with Gasteiger partial charge in [-0.15, -0.1) is 11.3 Å². The van der Waals surface area contributed by atoms with Crippen molar-refractivity contribution in [2.75, 3.05) is 0 Å². The van der Waals surface area contributed by atoms with Crippen molar-refractivity contribution in [1.29, 1.82) is 0 Å². The summed E-state index contributed by atoms with van der Waals surface area (Å²) in [6.07, 6.45) is -0.804. The number of carboxylic acid groups (broad SMARTS) is 1. The second kappa shape index (κ2) is 5.39. The zero-order chi connectivity index (χ0) is 12.3. The first-order valence-corrected chi connectivity index (χ1v) is 6.80. The lowest BCUT2D eigenvalue weighted by molar-refractivity contribution is -0.149. The van der Waals surface area contributed by atoms with Crippen LogP contribution in [0.2, 0.25) is 0 Å². The monoisotopic (exact) mass is 269 g/mol. The van der Waals surface area contributed by atoms with Gasteiger partial charge >= 0.3 is 5.97 Å². The molecule has 0 aliphatic carbocycles. The average Bonchev–Trinajstić information content (AvgIpc) is 2.95. The summed E-state index contributed by atoms with van der Waals surface area (Å²) in [5.74, 6) is -0.960. The first-order valence-electron chi connectivity index (χ1n) is 4.98. The number of aliphatic carboxylic acids is 1. The molecule has 0 saturated heterocycles. The summed E-state index contributed by atoms with van der Waals surface area (Å²) in [7, 11) is 0. The molecule has 1 N–H and O–H groups in total. The van der Waals surface area contributed by atoms with Crippen molar-refractivity contribution in [3.63, 3.8) is 0 Å². The van der Waals surface area contributed by atoms with Crippen molar-refractivity contribution in [3.05, 3.63) is 27.9 Å². The predicted molar refractivity (Wildman–Crippen MR) is 67.3 cm³/mol. The van der Waals surface area contributed by atoms with E-state index >= 15 is 0 Å². The van der Waals surface area contributed by atoms with Gasteiger partial charge in [-0.3, -0.25) is 0 Å². The first kappa shape index (κ1) is 12.2. The highest BCUT2D eigenvalue weighted by atomic mass is 32.1. The Labute approximate surface area is 107 Å². The third-order valence-corrected chi connectivity index (χ3v) is 3.77. The quantitative estimate of drug-likeness (QED) is 0.906. The number of hydrogen-bond acceptors (Lipinski definition) is 5. The molecule has 2 heterocycles. The molecule has 6 heteroatoms. The number of aromatic nitrogens is 1. The molecule has 1 atom stereocenters. The zero-order valence-corrected chi connectivity index (χ0v) is 10.8. The lowest BCUT2D eigenvalue weighted by Gasteiger charge is -2.05. The standard InChI is InChI=1S/C11H11NO3S2/c1-7(11(13)14)15-4-9-6-17-10(12-9)8-2-3-16-5-8/h2-3,5-7H,4H2,1H3,(H,13,14). The van der Waals surface area contributed by atoms with Gasteiger partial charge in [0.25, 0.3) is 0 Å². The summed E-state index contributed by atoms with van der Waals surface area (Å²) in [6.45, 7) is 1.74. The second-order valence-electron chi connectivity index (χ2n) is 3.45. The molecule has 2 aromatic rings. The van der Waals surface area contributed by atoms with Crippen LogP contribution in [0.5, 0.6) is 0 Å². The Morgan fingerprint density at radius 2 is 2.41 bits per heavy atom. The Balaban J connectivity index is 1.97. The maximum absolute atomic E-state index is 10.6. The van der Waals surface area contributed by atoms with E-state index in [1.165, 1.54) is 18.3 Å². The molecule has 90 valence electrons. The number of ether oxygens (including phenoxy) is 1. The Morgan fingerprint density at radius 1 is 1.59 bits per heavy atom. The van der Waals surface area contributed by atoms with E-state index < -0.39 is 12.1 Å². The molecule has 0 amide bonds. The van der Waals surface area contributed by atoms with Gasteiger partial charge in [0.2, 0.25) is 0 Å². The maximum atomic E-state index is 10.6. The number of thiophene rings is 1. The molecule has 17 heavy (non-hydrogen) atoms. The molecule has 0 spiro atoms. The molecule has 2 rings (SSSR count). The van der Waals surface area contributed by atoms with Crippen molar-refractivity contribution >= 4 is 28.6 Å². The maximum Gasteiger partial charge on any atom is 0.332 e. The van der Waals surface area contributed by atoms with E-state index in [0.717, 1.165) is 16.3 Å². The largest absolute Gasteiger partial charge is 0.479 e.